The van der Waals surface area contributed by atoms with Crippen molar-refractivity contribution in [1.29, 1.82) is 5.26 Å². The SMILES string of the molecule is CCc1ccc(C#N)c(O)n1. The fourth-order valence-corrected chi connectivity index (χ4v) is 0.772. The molecule has 0 aromatic carbocycles. The van der Waals surface area contributed by atoms with Gasteiger partial charge in [0.2, 0.25) is 5.88 Å². The molecule has 0 saturated heterocycles. The Balaban J connectivity index is 3.12. The molecule has 1 aromatic heterocycles. The second-order valence-corrected chi connectivity index (χ2v) is 2.14. The molecule has 3 nitrogen and oxygen atoms in total. The molecule has 0 saturated carbocycles. The third kappa shape index (κ3) is 1.47. The minimum Gasteiger partial charge on any atom is -0.492 e. The first kappa shape index (κ1) is 7.55. The second kappa shape index (κ2) is 3.02. The molecule has 1 heterocycles. The number of pyridine rings is 1. The van der Waals surface area contributed by atoms with E-state index in [4.69, 9.17) is 10.4 Å². The van der Waals surface area contributed by atoms with Gasteiger partial charge in [-0.2, -0.15) is 5.26 Å². The zero-order valence-corrected chi connectivity index (χ0v) is 6.20. The molecule has 11 heavy (non-hydrogen) atoms. The van der Waals surface area contributed by atoms with Gasteiger partial charge in [-0.25, -0.2) is 4.98 Å². The number of hydrogen-bond donors (Lipinski definition) is 1. The van der Waals surface area contributed by atoms with Crippen LogP contribution in [0.2, 0.25) is 0 Å². The Bertz CT molecular complexity index is 301. The molecule has 0 spiro atoms. The van der Waals surface area contributed by atoms with E-state index in [1.165, 1.54) is 0 Å². The predicted octanol–water partition coefficient (Wildman–Crippen LogP) is 1.22. The first-order valence-corrected chi connectivity index (χ1v) is 3.37. The molecular formula is C8H8N2O. The van der Waals surface area contributed by atoms with Gasteiger partial charge in [-0.15, -0.1) is 0 Å². The number of aryl methyl sites for hydroxylation is 1. The van der Waals surface area contributed by atoms with Gasteiger partial charge in [-0.3, -0.25) is 0 Å². The van der Waals surface area contributed by atoms with E-state index in [0.29, 0.717) is 0 Å². The molecule has 56 valence electrons. The number of aromatic hydroxyl groups is 1. The minimum atomic E-state index is -0.174. The second-order valence-electron chi connectivity index (χ2n) is 2.14. The molecule has 1 aromatic rings. The minimum absolute atomic E-state index is 0.174. The molecule has 0 aliphatic rings. The molecule has 0 aliphatic carbocycles. The van der Waals surface area contributed by atoms with Crippen molar-refractivity contribution in [2.45, 2.75) is 13.3 Å². The van der Waals surface area contributed by atoms with Crippen LogP contribution in [0.25, 0.3) is 0 Å². The van der Waals surface area contributed by atoms with Crippen molar-refractivity contribution in [1.82, 2.24) is 4.98 Å². The van der Waals surface area contributed by atoms with E-state index in [0.717, 1.165) is 12.1 Å². The Kier molecular flexibility index (Phi) is 2.07. The Morgan fingerprint density at radius 2 is 2.36 bits per heavy atom. The van der Waals surface area contributed by atoms with E-state index in [9.17, 15) is 0 Å². The van der Waals surface area contributed by atoms with E-state index in [2.05, 4.69) is 4.98 Å². The standard InChI is InChI=1S/C8H8N2O/c1-2-7-4-3-6(5-9)8(11)10-7/h3-4H,2H2,1H3,(H,10,11). The van der Waals surface area contributed by atoms with E-state index < -0.39 is 0 Å². The van der Waals surface area contributed by atoms with Gasteiger partial charge in [0.25, 0.3) is 0 Å². The van der Waals surface area contributed by atoms with Crippen LogP contribution in [0.3, 0.4) is 0 Å². The molecule has 0 amide bonds. The molecule has 0 atom stereocenters. The average Bonchev–Trinajstić information content (AvgIpc) is 2.04. The smallest absolute Gasteiger partial charge is 0.229 e. The molecule has 0 bridgehead atoms. The first-order chi connectivity index (χ1) is 5.27. The normalized spacial score (nSPS) is 9.09. The molecule has 3 heteroatoms. The van der Waals surface area contributed by atoms with Crippen molar-refractivity contribution in [2.75, 3.05) is 0 Å². The zero-order chi connectivity index (χ0) is 8.27. The van der Waals surface area contributed by atoms with Crippen LogP contribution in [0, 0.1) is 11.3 Å². The van der Waals surface area contributed by atoms with E-state index >= 15 is 0 Å². The third-order valence-corrected chi connectivity index (χ3v) is 1.42. The lowest BCUT2D eigenvalue weighted by Gasteiger charge is -1.96. The van der Waals surface area contributed by atoms with Crippen molar-refractivity contribution in [2.24, 2.45) is 0 Å². The Hall–Kier alpha value is -1.56. The van der Waals surface area contributed by atoms with Crippen LogP contribution in [-0.4, -0.2) is 10.1 Å². The summed E-state index contributed by atoms with van der Waals surface area (Å²) >= 11 is 0. The summed E-state index contributed by atoms with van der Waals surface area (Å²) in [6, 6.07) is 5.14. The molecule has 0 fully saturated rings. The predicted molar refractivity (Wildman–Crippen MR) is 40.0 cm³/mol. The summed E-state index contributed by atoms with van der Waals surface area (Å²) < 4.78 is 0. The topological polar surface area (TPSA) is 56.9 Å². The van der Waals surface area contributed by atoms with Crippen LogP contribution in [-0.2, 0) is 6.42 Å². The highest BCUT2D eigenvalue weighted by molar-refractivity contribution is 5.37. The number of nitrogens with zero attached hydrogens (tertiary/aromatic N) is 2. The van der Waals surface area contributed by atoms with Gasteiger partial charge in [-0.05, 0) is 18.6 Å². The molecule has 0 radical (unpaired) electrons. The summed E-state index contributed by atoms with van der Waals surface area (Å²) in [6.07, 6.45) is 0.763. The summed E-state index contributed by atoms with van der Waals surface area (Å²) in [5, 5.41) is 17.5. The third-order valence-electron chi connectivity index (χ3n) is 1.42. The Morgan fingerprint density at radius 1 is 1.64 bits per heavy atom. The number of nitriles is 1. The van der Waals surface area contributed by atoms with Crippen molar-refractivity contribution in [3.05, 3.63) is 23.4 Å². The molecule has 0 unspecified atom stereocenters. The fraction of sp³-hybridized carbons (Fsp3) is 0.250. The highest BCUT2D eigenvalue weighted by Crippen LogP contribution is 2.12. The highest BCUT2D eigenvalue weighted by Gasteiger charge is 2.00. The van der Waals surface area contributed by atoms with Crippen molar-refractivity contribution < 1.29 is 5.11 Å². The van der Waals surface area contributed by atoms with Crippen molar-refractivity contribution in [3.63, 3.8) is 0 Å². The monoisotopic (exact) mass is 148 g/mol. The average molecular weight is 148 g/mol. The summed E-state index contributed by atoms with van der Waals surface area (Å²) in [5.41, 5.74) is 1.02. The Morgan fingerprint density at radius 3 is 2.82 bits per heavy atom. The lowest BCUT2D eigenvalue weighted by molar-refractivity contribution is 0.449. The number of rotatable bonds is 1. The van der Waals surface area contributed by atoms with Gasteiger partial charge in [0, 0.05) is 5.69 Å². The number of aromatic nitrogens is 1. The molecule has 1 rings (SSSR count). The van der Waals surface area contributed by atoms with Crippen molar-refractivity contribution >= 4 is 0 Å². The quantitative estimate of drug-likeness (QED) is 0.651. The van der Waals surface area contributed by atoms with Gasteiger partial charge in [0.15, 0.2) is 0 Å². The lowest BCUT2D eigenvalue weighted by atomic mass is 10.2. The van der Waals surface area contributed by atoms with Gasteiger partial charge in [-0.1, -0.05) is 6.92 Å². The molecular weight excluding hydrogens is 140 g/mol. The van der Waals surface area contributed by atoms with Crippen LogP contribution in [0.4, 0.5) is 0 Å². The summed E-state index contributed by atoms with van der Waals surface area (Å²) in [6.45, 7) is 1.94. The van der Waals surface area contributed by atoms with Gasteiger partial charge < -0.3 is 5.11 Å². The number of hydrogen-bond acceptors (Lipinski definition) is 3. The maximum absolute atomic E-state index is 9.09. The summed E-state index contributed by atoms with van der Waals surface area (Å²) in [7, 11) is 0. The maximum Gasteiger partial charge on any atom is 0.229 e. The van der Waals surface area contributed by atoms with Crippen LogP contribution in [0.1, 0.15) is 18.2 Å². The first-order valence-electron chi connectivity index (χ1n) is 3.37. The van der Waals surface area contributed by atoms with Crippen molar-refractivity contribution in [3.8, 4) is 11.9 Å². The lowest BCUT2D eigenvalue weighted by Crippen LogP contribution is -1.88. The van der Waals surface area contributed by atoms with Crippen LogP contribution < -0.4 is 0 Å². The molecule has 0 aliphatic heterocycles. The highest BCUT2D eigenvalue weighted by atomic mass is 16.3. The van der Waals surface area contributed by atoms with Gasteiger partial charge in [0.1, 0.15) is 11.6 Å². The molecule has 1 N–H and O–H groups in total. The Labute approximate surface area is 64.9 Å². The van der Waals surface area contributed by atoms with Crippen LogP contribution >= 0.6 is 0 Å². The maximum atomic E-state index is 9.09. The van der Waals surface area contributed by atoms with E-state index in [1.807, 2.05) is 13.0 Å². The van der Waals surface area contributed by atoms with Crippen LogP contribution in [0.5, 0.6) is 5.88 Å². The largest absolute Gasteiger partial charge is 0.492 e. The van der Waals surface area contributed by atoms with E-state index in [1.54, 1.807) is 12.1 Å². The van der Waals surface area contributed by atoms with E-state index in [-0.39, 0.29) is 11.4 Å². The van der Waals surface area contributed by atoms with Crippen LogP contribution in [0.15, 0.2) is 12.1 Å². The van der Waals surface area contributed by atoms with Gasteiger partial charge >= 0.3 is 0 Å². The summed E-state index contributed by atoms with van der Waals surface area (Å²) in [5.74, 6) is -0.174. The summed E-state index contributed by atoms with van der Waals surface area (Å²) in [4.78, 5) is 3.80. The fourth-order valence-electron chi connectivity index (χ4n) is 0.772. The van der Waals surface area contributed by atoms with Gasteiger partial charge in [0.05, 0.1) is 0 Å². The zero-order valence-electron chi connectivity index (χ0n) is 6.20.